The van der Waals surface area contributed by atoms with Gasteiger partial charge < -0.3 is 10.1 Å². The summed E-state index contributed by atoms with van der Waals surface area (Å²) in [6.07, 6.45) is 0. The molecule has 1 aliphatic rings. The number of nitrogens with zero attached hydrogens (tertiary/aromatic N) is 2. The molecule has 7 heteroatoms. The van der Waals surface area contributed by atoms with Crippen molar-refractivity contribution < 1.29 is 14.3 Å². The molecule has 25 heavy (non-hydrogen) atoms. The van der Waals surface area contributed by atoms with Gasteiger partial charge in [0.2, 0.25) is 5.84 Å². The van der Waals surface area contributed by atoms with Crippen LogP contribution in [0.15, 0.2) is 59.6 Å². The molecule has 2 aromatic carbocycles. The summed E-state index contributed by atoms with van der Waals surface area (Å²) < 4.78 is 5.22. The van der Waals surface area contributed by atoms with Gasteiger partial charge in [0.15, 0.2) is 0 Å². The second-order valence-corrected chi connectivity index (χ2v) is 5.43. The van der Waals surface area contributed by atoms with E-state index >= 15 is 0 Å². The van der Waals surface area contributed by atoms with Gasteiger partial charge in [0.05, 0.1) is 18.5 Å². The number of carbonyl (C=O) groups is 2. The number of hydrazine groups is 1. The number of para-hydroxylation sites is 3. The number of ether oxygens (including phenoxy) is 1. The fourth-order valence-corrected chi connectivity index (χ4v) is 2.43. The molecule has 0 fully saturated rings. The van der Waals surface area contributed by atoms with Crippen molar-refractivity contribution in [3.8, 4) is 5.75 Å². The maximum atomic E-state index is 12.6. The van der Waals surface area contributed by atoms with Gasteiger partial charge in [-0.25, -0.2) is 10.0 Å². The molecule has 0 saturated carbocycles. The molecule has 0 saturated heterocycles. The number of amidine groups is 1. The molecular formula is C18H18N4O3. The van der Waals surface area contributed by atoms with Gasteiger partial charge in [0.25, 0.3) is 11.8 Å². The summed E-state index contributed by atoms with van der Waals surface area (Å²) in [7, 11) is 1.53. The van der Waals surface area contributed by atoms with Crippen molar-refractivity contribution in [3.05, 3.63) is 54.6 Å². The predicted octanol–water partition coefficient (Wildman–Crippen LogP) is 1.97. The Bertz CT molecular complexity index is 820. The molecule has 2 amide bonds. The molecule has 1 heterocycles. The monoisotopic (exact) mass is 338 g/mol. The average Bonchev–Trinajstić information content (AvgIpc) is 2.65. The van der Waals surface area contributed by atoms with Gasteiger partial charge >= 0.3 is 0 Å². The quantitative estimate of drug-likeness (QED) is 0.893. The van der Waals surface area contributed by atoms with E-state index in [0.717, 1.165) is 0 Å². The Morgan fingerprint density at radius 2 is 1.84 bits per heavy atom. The highest BCUT2D eigenvalue weighted by Gasteiger charge is 2.30. The highest BCUT2D eigenvalue weighted by Crippen LogP contribution is 2.23. The number of hydrogen-bond donors (Lipinski definition) is 2. The van der Waals surface area contributed by atoms with Gasteiger partial charge in [-0.3, -0.25) is 15.0 Å². The van der Waals surface area contributed by atoms with E-state index in [1.54, 1.807) is 37.3 Å². The standard InChI is InChI=1S/C18H18N4O3/c1-12-18(24)22(13-8-4-3-5-9-13)21-16(19-12)17(23)20-14-10-6-7-11-15(14)25-2/h3-12H,1-2H3,(H,19,21)(H,20,23). The summed E-state index contributed by atoms with van der Waals surface area (Å²) in [5, 5.41) is 4.07. The fraction of sp³-hybridized carbons (Fsp3) is 0.167. The number of amides is 2. The SMILES string of the molecule is COc1ccccc1NC(=O)C1=NC(C)C(=O)N(c2ccccc2)N1. The average molecular weight is 338 g/mol. The first-order valence-corrected chi connectivity index (χ1v) is 7.78. The zero-order valence-electron chi connectivity index (χ0n) is 13.9. The number of hydrogen-bond acceptors (Lipinski definition) is 5. The van der Waals surface area contributed by atoms with Crippen LogP contribution in [0.5, 0.6) is 5.75 Å². The maximum absolute atomic E-state index is 12.6. The lowest BCUT2D eigenvalue weighted by molar-refractivity contribution is -0.120. The lowest BCUT2D eigenvalue weighted by Crippen LogP contribution is -2.57. The number of nitrogens with one attached hydrogen (secondary N) is 2. The Morgan fingerprint density at radius 1 is 1.16 bits per heavy atom. The van der Waals surface area contributed by atoms with E-state index in [4.69, 9.17) is 4.74 Å². The van der Waals surface area contributed by atoms with Gasteiger partial charge in [-0.15, -0.1) is 0 Å². The molecule has 0 aromatic heterocycles. The van der Waals surface area contributed by atoms with Crippen LogP contribution in [0.3, 0.4) is 0 Å². The molecule has 1 unspecified atom stereocenters. The van der Waals surface area contributed by atoms with E-state index in [0.29, 0.717) is 17.1 Å². The van der Waals surface area contributed by atoms with E-state index in [-0.39, 0.29) is 11.7 Å². The minimum absolute atomic E-state index is 0.0573. The number of benzene rings is 2. The highest BCUT2D eigenvalue weighted by atomic mass is 16.5. The predicted molar refractivity (Wildman–Crippen MR) is 95.6 cm³/mol. The van der Waals surface area contributed by atoms with Gasteiger partial charge in [-0.05, 0) is 31.2 Å². The van der Waals surface area contributed by atoms with Crippen molar-refractivity contribution in [2.24, 2.45) is 4.99 Å². The van der Waals surface area contributed by atoms with Gasteiger partial charge in [0, 0.05) is 0 Å². The molecule has 128 valence electrons. The molecular weight excluding hydrogens is 320 g/mol. The van der Waals surface area contributed by atoms with Crippen molar-refractivity contribution in [1.29, 1.82) is 0 Å². The van der Waals surface area contributed by atoms with Crippen LogP contribution < -0.4 is 20.5 Å². The second-order valence-electron chi connectivity index (χ2n) is 5.43. The van der Waals surface area contributed by atoms with Crippen LogP contribution in [0.1, 0.15) is 6.92 Å². The molecule has 3 rings (SSSR count). The molecule has 0 aliphatic carbocycles. The third-order valence-corrected chi connectivity index (χ3v) is 3.70. The smallest absolute Gasteiger partial charge is 0.292 e. The van der Waals surface area contributed by atoms with Crippen LogP contribution in [0, 0.1) is 0 Å². The number of carbonyl (C=O) groups excluding carboxylic acids is 2. The van der Waals surface area contributed by atoms with Crippen molar-refractivity contribution >= 4 is 29.0 Å². The van der Waals surface area contributed by atoms with E-state index in [9.17, 15) is 9.59 Å². The Morgan fingerprint density at radius 3 is 2.56 bits per heavy atom. The Labute approximate surface area is 145 Å². The summed E-state index contributed by atoms with van der Waals surface area (Å²) >= 11 is 0. The lowest BCUT2D eigenvalue weighted by atomic mass is 10.2. The summed E-state index contributed by atoms with van der Waals surface area (Å²) in [4.78, 5) is 29.1. The summed E-state index contributed by atoms with van der Waals surface area (Å²) in [6, 6.07) is 15.4. The first-order valence-electron chi connectivity index (χ1n) is 7.78. The van der Waals surface area contributed by atoms with Crippen molar-refractivity contribution in [2.75, 3.05) is 17.4 Å². The highest BCUT2D eigenvalue weighted by molar-refractivity contribution is 6.43. The summed E-state index contributed by atoms with van der Waals surface area (Å²) in [6.45, 7) is 1.65. The van der Waals surface area contributed by atoms with Crippen LogP contribution in [-0.2, 0) is 9.59 Å². The minimum Gasteiger partial charge on any atom is -0.495 e. The largest absolute Gasteiger partial charge is 0.495 e. The summed E-state index contributed by atoms with van der Waals surface area (Å²) in [5.41, 5.74) is 3.95. The Balaban J connectivity index is 1.83. The number of rotatable bonds is 4. The van der Waals surface area contributed by atoms with Crippen LogP contribution in [-0.4, -0.2) is 30.8 Å². The third-order valence-electron chi connectivity index (χ3n) is 3.70. The minimum atomic E-state index is -0.667. The van der Waals surface area contributed by atoms with Gasteiger partial charge in [-0.1, -0.05) is 30.3 Å². The molecule has 1 aliphatic heterocycles. The van der Waals surface area contributed by atoms with E-state index in [1.807, 2.05) is 24.3 Å². The molecule has 0 radical (unpaired) electrons. The zero-order chi connectivity index (χ0) is 17.8. The fourth-order valence-electron chi connectivity index (χ4n) is 2.43. The summed E-state index contributed by atoms with van der Waals surface area (Å²) in [5.74, 6) is -0.0945. The van der Waals surface area contributed by atoms with Crippen LogP contribution in [0.25, 0.3) is 0 Å². The van der Waals surface area contributed by atoms with Gasteiger partial charge in [-0.2, -0.15) is 0 Å². The van der Waals surface area contributed by atoms with Crippen LogP contribution in [0.2, 0.25) is 0 Å². The van der Waals surface area contributed by atoms with E-state index < -0.39 is 11.9 Å². The lowest BCUT2D eigenvalue weighted by Gasteiger charge is -2.30. The number of aliphatic imine (C=N–C) groups is 1. The first-order chi connectivity index (χ1) is 12.1. The van der Waals surface area contributed by atoms with E-state index in [1.165, 1.54) is 12.1 Å². The molecule has 2 N–H and O–H groups in total. The normalized spacial score (nSPS) is 16.7. The van der Waals surface area contributed by atoms with Crippen molar-refractivity contribution in [3.63, 3.8) is 0 Å². The molecule has 7 nitrogen and oxygen atoms in total. The number of methoxy groups -OCH3 is 1. The van der Waals surface area contributed by atoms with Gasteiger partial charge in [0.1, 0.15) is 11.8 Å². The third kappa shape index (κ3) is 3.45. The Hall–Kier alpha value is -3.35. The molecule has 0 bridgehead atoms. The maximum Gasteiger partial charge on any atom is 0.292 e. The first kappa shape index (κ1) is 16.5. The van der Waals surface area contributed by atoms with E-state index in [2.05, 4.69) is 15.7 Å². The topological polar surface area (TPSA) is 83.0 Å². The second kappa shape index (κ2) is 7.04. The molecule has 0 spiro atoms. The van der Waals surface area contributed by atoms with Crippen molar-refractivity contribution in [1.82, 2.24) is 5.43 Å². The van der Waals surface area contributed by atoms with Crippen molar-refractivity contribution in [2.45, 2.75) is 13.0 Å². The Kier molecular flexibility index (Phi) is 4.65. The molecule has 1 atom stereocenters. The van der Waals surface area contributed by atoms with Crippen LogP contribution in [0.4, 0.5) is 11.4 Å². The molecule has 2 aromatic rings. The van der Waals surface area contributed by atoms with Crippen LogP contribution >= 0.6 is 0 Å². The number of anilines is 2. The zero-order valence-corrected chi connectivity index (χ0v) is 13.9.